The summed E-state index contributed by atoms with van der Waals surface area (Å²) < 4.78 is 5.49. The van der Waals surface area contributed by atoms with Crippen LogP contribution in [0.2, 0.25) is 0 Å². The normalized spacial score (nSPS) is 16.5. The molecule has 6 heteroatoms. The molecule has 2 aromatic rings. The molecule has 2 aromatic carbocycles. The highest BCUT2D eigenvalue weighted by atomic mass is 16.5. The van der Waals surface area contributed by atoms with Crippen LogP contribution in [0.5, 0.6) is 5.75 Å². The fraction of sp³-hybridized carbons (Fsp3) is 0.391. The Balaban J connectivity index is 1.42. The van der Waals surface area contributed by atoms with E-state index in [1.165, 1.54) is 17.5 Å². The number of rotatable bonds is 6. The van der Waals surface area contributed by atoms with Crippen molar-refractivity contribution in [3.05, 3.63) is 47.5 Å². The average Bonchev–Trinajstić information content (AvgIpc) is 3.36. The zero-order valence-electron chi connectivity index (χ0n) is 17.0. The second-order valence-corrected chi connectivity index (χ2v) is 7.73. The number of amides is 2. The Morgan fingerprint density at radius 2 is 1.83 bits per heavy atom. The number of carbonyl (C=O) groups is 2. The van der Waals surface area contributed by atoms with E-state index in [9.17, 15) is 9.59 Å². The smallest absolute Gasteiger partial charge is 0.246 e. The minimum atomic E-state index is -0.424. The van der Waals surface area contributed by atoms with Crippen molar-refractivity contribution >= 4 is 28.9 Å². The van der Waals surface area contributed by atoms with E-state index in [2.05, 4.69) is 22.8 Å². The van der Waals surface area contributed by atoms with Crippen molar-refractivity contribution in [2.45, 2.75) is 45.1 Å². The fourth-order valence-electron chi connectivity index (χ4n) is 4.11. The summed E-state index contributed by atoms with van der Waals surface area (Å²) in [4.78, 5) is 26.4. The van der Waals surface area contributed by atoms with Gasteiger partial charge in [0, 0.05) is 30.4 Å². The molecule has 29 heavy (non-hydrogen) atoms. The molecule has 1 saturated heterocycles. The number of ether oxygens (including phenoxy) is 1. The average molecular weight is 393 g/mol. The summed E-state index contributed by atoms with van der Waals surface area (Å²) in [6.07, 6.45) is 4.83. The van der Waals surface area contributed by atoms with Gasteiger partial charge in [-0.1, -0.05) is 6.07 Å². The predicted molar refractivity (Wildman–Crippen MR) is 115 cm³/mol. The molecule has 1 fully saturated rings. The summed E-state index contributed by atoms with van der Waals surface area (Å²) in [7, 11) is 1.59. The summed E-state index contributed by atoms with van der Waals surface area (Å²) in [5.41, 5.74) is 5.10. The van der Waals surface area contributed by atoms with Crippen molar-refractivity contribution in [2.24, 2.45) is 0 Å². The Morgan fingerprint density at radius 3 is 2.59 bits per heavy atom. The lowest BCUT2D eigenvalue weighted by Crippen LogP contribution is -2.32. The van der Waals surface area contributed by atoms with Gasteiger partial charge in [0.15, 0.2) is 0 Å². The van der Waals surface area contributed by atoms with Crippen LogP contribution in [0.4, 0.5) is 17.1 Å². The van der Waals surface area contributed by atoms with E-state index in [0.717, 1.165) is 36.3 Å². The first-order valence-electron chi connectivity index (χ1n) is 10.2. The van der Waals surface area contributed by atoms with Crippen LogP contribution in [0.15, 0.2) is 36.4 Å². The molecular formula is C23H27N3O3. The van der Waals surface area contributed by atoms with Crippen LogP contribution in [-0.2, 0) is 22.4 Å². The number of nitrogens with one attached hydrogen (secondary N) is 2. The van der Waals surface area contributed by atoms with Gasteiger partial charge in [0.05, 0.1) is 12.8 Å². The van der Waals surface area contributed by atoms with E-state index in [0.29, 0.717) is 18.7 Å². The van der Waals surface area contributed by atoms with Gasteiger partial charge < -0.3 is 20.3 Å². The lowest BCUT2D eigenvalue weighted by atomic mass is 10.1. The van der Waals surface area contributed by atoms with E-state index >= 15 is 0 Å². The standard InChI is InChI=1S/C23H27N3O3/c1-15(23(28)25-18-9-8-16-5-3-6-17(16)13-18)24-19-10-11-20(21(14-19)29-2)26-12-4-7-22(26)27/h8-11,13-15,24H,3-7,12H2,1-2H3,(H,25,28)/t15-/m1/s1. The third-order valence-electron chi connectivity index (χ3n) is 5.69. The van der Waals surface area contributed by atoms with Gasteiger partial charge in [0.2, 0.25) is 11.8 Å². The zero-order valence-corrected chi connectivity index (χ0v) is 17.0. The Morgan fingerprint density at radius 1 is 1.03 bits per heavy atom. The molecule has 4 rings (SSSR count). The summed E-state index contributed by atoms with van der Waals surface area (Å²) in [6.45, 7) is 2.54. The molecule has 1 aliphatic carbocycles. The number of benzene rings is 2. The van der Waals surface area contributed by atoms with E-state index < -0.39 is 6.04 Å². The molecule has 152 valence electrons. The lowest BCUT2D eigenvalue weighted by Gasteiger charge is -2.21. The van der Waals surface area contributed by atoms with E-state index in [1.54, 1.807) is 12.0 Å². The van der Waals surface area contributed by atoms with Crippen LogP contribution < -0.4 is 20.3 Å². The fourth-order valence-corrected chi connectivity index (χ4v) is 4.11. The highest BCUT2D eigenvalue weighted by Gasteiger charge is 2.25. The highest BCUT2D eigenvalue weighted by Crippen LogP contribution is 2.34. The first kappa shape index (κ1) is 19.3. The van der Waals surface area contributed by atoms with Gasteiger partial charge in [-0.3, -0.25) is 9.59 Å². The van der Waals surface area contributed by atoms with Gasteiger partial charge in [-0.05, 0) is 68.0 Å². The van der Waals surface area contributed by atoms with Crippen molar-refractivity contribution in [3.63, 3.8) is 0 Å². The number of carbonyl (C=O) groups excluding carboxylic acids is 2. The Labute approximate surface area is 171 Å². The minimum Gasteiger partial charge on any atom is -0.494 e. The zero-order chi connectivity index (χ0) is 20.4. The Kier molecular flexibility index (Phi) is 5.43. The lowest BCUT2D eigenvalue weighted by molar-refractivity contribution is -0.117. The monoisotopic (exact) mass is 393 g/mol. The third kappa shape index (κ3) is 4.06. The maximum atomic E-state index is 12.6. The molecule has 0 bridgehead atoms. The number of aryl methyl sites for hydroxylation is 2. The first-order chi connectivity index (χ1) is 14.0. The molecule has 6 nitrogen and oxygen atoms in total. The number of anilines is 3. The molecular weight excluding hydrogens is 366 g/mol. The third-order valence-corrected chi connectivity index (χ3v) is 5.69. The minimum absolute atomic E-state index is 0.0966. The topological polar surface area (TPSA) is 70.7 Å². The van der Waals surface area contributed by atoms with Gasteiger partial charge in [-0.2, -0.15) is 0 Å². The van der Waals surface area contributed by atoms with Crippen LogP contribution in [0.3, 0.4) is 0 Å². The molecule has 0 unspecified atom stereocenters. The quantitative estimate of drug-likeness (QED) is 0.784. The summed E-state index contributed by atoms with van der Waals surface area (Å²) in [5, 5.41) is 6.22. The largest absolute Gasteiger partial charge is 0.494 e. The van der Waals surface area contributed by atoms with Crippen molar-refractivity contribution in [3.8, 4) is 5.75 Å². The van der Waals surface area contributed by atoms with Gasteiger partial charge in [-0.25, -0.2) is 0 Å². The molecule has 2 amide bonds. The van der Waals surface area contributed by atoms with Crippen molar-refractivity contribution in [1.82, 2.24) is 0 Å². The number of nitrogens with zero attached hydrogens (tertiary/aromatic N) is 1. The molecule has 0 aromatic heterocycles. The number of hydrogen-bond donors (Lipinski definition) is 2. The van der Waals surface area contributed by atoms with Gasteiger partial charge in [0.25, 0.3) is 0 Å². The van der Waals surface area contributed by atoms with Crippen LogP contribution in [-0.4, -0.2) is 31.5 Å². The molecule has 0 spiro atoms. The summed E-state index contributed by atoms with van der Waals surface area (Å²) >= 11 is 0. The van der Waals surface area contributed by atoms with Gasteiger partial charge >= 0.3 is 0 Å². The van der Waals surface area contributed by atoms with E-state index in [1.807, 2.05) is 31.2 Å². The van der Waals surface area contributed by atoms with Gasteiger partial charge in [0.1, 0.15) is 11.8 Å². The highest BCUT2D eigenvalue weighted by molar-refractivity contribution is 5.98. The molecule has 0 radical (unpaired) electrons. The van der Waals surface area contributed by atoms with Crippen LogP contribution in [0.1, 0.15) is 37.3 Å². The second kappa shape index (κ2) is 8.15. The molecule has 2 N–H and O–H groups in total. The van der Waals surface area contributed by atoms with E-state index in [-0.39, 0.29) is 11.8 Å². The second-order valence-electron chi connectivity index (χ2n) is 7.73. The molecule has 0 saturated carbocycles. The predicted octanol–water partition coefficient (Wildman–Crippen LogP) is 3.75. The van der Waals surface area contributed by atoms with Crippen molar-refractivity contribution < 1.29 is 14.3 Å². The molecule has 1 aliphatic heterocycles. The molecule has 2 aliphatic rings. The first-order valence-corrected chi connectivity index (χ1v) is 10.2. The van der Waals surface area contributed by atoms with Crippen LogP contribution in [0, 0.1) is 0 Å². The maximum absolute atomic E-state index is 12.6. The SMILES string of the molecule is COc1cc(N[C@H](C)C(=O)Nc2ccc3c(c2)CCC3)ccc1N1CCCC1=O. The van der Waals surface area contributed by atoms with Gasteiger partial charge in [-0.15, -0.1) is 0 Å². The summed E-state index contributed by atoms with van der Waals surface area (Å²) in [6, 6.07) is 11.3. The maximum Gasteiger partial charge on any atom is 0.246 e. The molecule has 1 heterocycles. The van der Waals surface area contributed by atoms with Crippen LogP contribution in [0.25, 0.3) is 0 Å². The Bertz CT molecular complexity index is 941. The molecule has 1 atom stereocenters. The van der Waals surface area contributed by atoms with Crippen molar-refractivity contribution in [2.75, 3.05) is 29.2 Å². The number of methoxy groups -OCH3 is 1. The Hall–Kier alpha value is -3.02. The summed E-state index contributed by atoms with van der Waals surface area (Å²) in [5.74, 6) is 0.642. The number of fused-ring (bicyclic) bond motifs is 1. The van der Waals surface area contributed by atoms with Crippen LogP contribution >= 0.6 is 0 Å². The number of hydrogen-bond acceptors (Lipinski definition) is 4. The van der Waals surface area contributed by atoms with Crippen molar-refractivity contribution in [1.29, 1.82) is 0 Å². The van der Waals surface area contributed by atoms with E-state index in [4.69, 9.17) is 4.74 Å².